The summed E-state index contributed by atoms with van der Waals surface area (Å²) in [4.78, 5) is 47.4. The molecule has 0 radical (unpaired) electrons. The van der Waals surface area contributed by atoms with Crippen molar-refractivity contribution in [3.05, 3.63) is 0 Å². The Labute approximate surface area is 171 Å². The van der Waals surface area contributed by atoms with E-state index in [1.165, 1.54) is 0 Å². The van der Waals surface area contributed by atoms with E-state index in [2.05, 4.69) is 28.6 Å². The summed E-state index contributed by atoms with van der Waals surface area (Å²) in [5.74, 6) is -2.81. The van der Waals surface area contributed by atoms with Crippen molar-refractivity contribution >= 4 is 36.3 Å². The van der Waals surface area contributed by atoms with Crippen LogP contribution in [0.1, 0.15) is 39.5 Å². The Kier molecular flexibility index (Phi) is 13.3. The Bertz CT molecular complexity index is 532. The number of nitrogens with two attached hydrogens (primary N) is 2. The van der Waals surface area contributed by atoms with Crippen molar-refractivity contribution in [1.29, 1.82) is 0 Å². The molecule has 0 saturated heterocycles. The first-order chi connectivity index (χ1) is 13.1. The number of carboxylic acid groups (broad SMARTS) is 1. The van der Waals surface area contributed by atoms with Crippen LogP contribution in [0, 0.1) is 5.92 Å². The minimum Gasteiger partial charge on any atom is -0.480 e. The van der Waals surface area contributed by atoms with Crippen LogP contribution in [0.2, 0.25) is 0 Å². The molecule has 0 aliphatic carbocycles. The molecule has 28 heavy (non-hydrogen) atoms. The van der Waals surface area contributed by atoms with Crippen LogP contribution in [0.3, 0.4) is 0 Å². The van der Waals surface area contributed by atoms with Gasteiger partial charge in [0.1, 0.15) is 18.6 Å². The maximum absolute atomic E-state index is 12.6. The van der Waals surface area contributed by atoms with Crippen LogP contribution in [0.5, 0.6) is 0 Å². The molecule has 0 aromatic carbocycles. The second-order valence-corrected chi connectivity index (χ2v) is 7.30. The fraction of sp³-hybridized carbons (Fsp3) is 0.765. The minimum absolute atomic E-state index is 0.0296. The number of nitrogens with one attached hydrogen (secondary N) is 3. The molecule has 3 amide bonds. The van der Waals surface area contributed by atoms with E-state index in [1.807, 2.05) is 13.8 Å². The van der Waals surface area contributed by atoms with E-state index in [0.717, 1.165) is 6.42 Å². The van der Waals surface area contributed by atoms with Gasteiger partial charge >= 0.3 is 5.97 Å². The second kappa shape index (κ2) is 14.2. The van der Waals surface area contributed by atoms with Crippen molar-refractivity contribution in [3.8, 4) is 0 Å². The molecule has 3 atom stereocenters. The van der Waals surface area contributed by atoms with Gasteiger partial charge in [0.2, 0.25) is 17.7 Å². The van der Waals surface area contributed by atoms with Crippen LogP contribution in [0.25, 0.3) is 0 Å². The van der Waals surface area contributed by atoms with Crippen molar-refractivity contribution in [2.45, 2.75) is 57.7 Å². The highest BCUT2D eigenvalue weighted by molar-refractivity contribution is 7.80. The Morgan fingerprint density at radius 2 is 1.61 bits per heavy atom. The smallest absolute Gasteiger partial charge is 0.322 e. The van der Waals surface area contributed by atoms with Gasteiger partial charge in [-0.25, -0.2) is 0 Å². The molecule has 0 aromatic heterocycles. The molecule has 0 bridgehead atoms. The van der Waals surface area contributed by atoms with Crippen LogP contribution < -0.4 is 27.4 Å². The highest BCUT2D eigenvalue weighted by Crippen LogP contribution is 2.07. The van der Waals surface area contributed by atoms with Gasteiger partial charge < -0.3 is 32.5 Å². The van der Waals surface area contributed by atoms with E-state index in [9.17, 15) is 19.2 Å². The number of unbranched alkanes of at least 4 members (excludes halogenated alkanes) is 1. The molecule has 162 valence electrons. The van der Waals surface area contributed by atoms with Gasteiger partial charge in [0.25, 0.3) is 0 Å². The fourth-order valence-corrected chi connectivity index (χ4v) is 2.63. The molecule has 0 aliphatic rings. The summed E-state index contributed by atoms with van der Waals surface area (Å²) in [5, 5.41) is 15.9. The van der Waals surface area contributed by atoms with E-state index < -0.39 is 48.4 Å². The molecule has 11 heteroatoms. The molecule has 0 fully saturated rings. The largest absolute Gasteiger partial charge is 0.480 e. The van der Waals surface area contributed by atoms with Crippen molar-refractivity contribution in [1.82, 2.24) is 16.0 Å². The van der Waals surface area contributed by atoms with Crippen molar-refractivity contribution in [2.24, 2.45) is 17.4 Å². The highest BCUT2D eigenvalue weighted by Gasteiger charge is 2.28. The molecule has 0 saturated carbocycles. The summed E-state index contributed by atoms with van der Waals surface area (Å²) in [6.07, 6.45) is 2.27. The number of rotatable bonds is 14. The van der Waals surface area contributed by atoms with Crippen molar-refractivity contribution < 1.29 is 24.3 Å². The molecule has 10 nitrogen and oxygen atoms in total. The predicted octanol–water partition coefficient (Wildman–Crippen LogP) is -1.41. The van der Waals surface area contributed by atoms with Crippen LogP contribution in [-0.4, -0.2) is 65.8 Å². The van der Waals surface area contributed by atoms with Crippen LogP contribution in [0.15, 0.2) is 0 Å². The zero-order valence-corrected chi connectivity index (χ0v) is 17.3. The average molecular weight is 420 g/mol. The van der Waals surface area contributed by atoms with Crippen LogP contribution in [-0.2, 0) is 19.2 Å². The van der Waals surface area contributed by atoms with Gasteiger partial charge in [-0.1, -0.05) is 20.3 Å². The fourth-order valence-electron chi connectivity index (χ4n) is 2.37. The monoisotopic (exact) mass is 419 g/mol. The lowest BCUT2D eigenvalue weighted by molar-refractivity contribution is -0.138. The van der Waals surface area contributed by atoms with Gasteiger partial charge in [0.15, 0.2) is 0 Å². The zero-order valence-electron chi connectivity index (χ0n) is 16.4. The summed E-state index contributed by atoms with van der Waals surface area (Å²) in [6.45, 7) is 3.73. The molecular weight excluding hydrogens is 386 g/mol. The second-order valence-electron chi connectivity index (χ2n) is 6.94. The maximum Gasteiger partial charge on any atom is 0.322 e. The number of thiol groups is 1. The Morgan fingerprint density at radius 1 is 1.00 bits per heavy atom. The first kappa shape index (κ1) is 26.1. The first-order valence-electron chi connectivity index (χ1n) is 9.29. The lowest BCUT2D eigenvalue weighted by Gasteiger charge is -2.24. The number of hydrogen-bond donors (Lipinski definition) is 7. The number of carbonyl (C=O) groups is 4. The maximum atomic E-state index is 12.6. The third kappa shape index (κ3) is 11.1. The van der Waals surface area contributed by atoms with Gasteiger partial charge in [-0.15, -0.1) is 0 Å². The Balaban J connectivity index is 4.92. The van der Waals surface area contributed by atoms with Gasteiger partial charge in [-0.3, -0.25) is 19.2 Å². The predicted molar refractivity (Wildman–Crippen MR) is 109 cm³/mol. The third-order valence-electron chi connectivity index (χ3n) is 3.88. The molecular formula is C17H33N5O5S. The number of hydrogen-bond acceptors (Lipinski definition) is 7. The van der Waals surface area contributed by atoms with Crippen LogP contribution in [0.4, 0.5) is 0 Å². The number of carboxylic acids is 1. The highest BCUT2D eigenvalue weighted by atomic mass is 32.1. The third-order valence-corrected chi connectivity index (χ3v) is 4.24. The molecule has 3 unspecified atom stereocenters. The van der Waals surface area contributed by atoms with Gasteiger partial charge in [-0.05, 0) is 31.7 Å². The van der Waals surface area contributed by atoms with Crippen LogP contribution >= 0.6 is 12.6 Å². The Morgan fingerprint density at radius 3 is 2.11 bits per heavy atom. The summed E-state index contributed by atoms with van der Waals surface area (Å²) >= 11 is 4.02. The lowest BCUT2D eigenvalue weighted by Crippen LogP contribution is -2.56. The van der Waals surface area contributed by atoms with E-state index in [4.69, 9.17) is 16.6 Å². The summed E-state index contributed by atoms with van der Waals surface area (Å²) in [7, 11) is 0. The SMILES string of the molecule is CC(C)CC(NC(=O)C(N)CCCCN)C(=O)NC(CS)C(=O)NCC(=O)O. The minimum atomic E-state index is -1.20. The van der Waals surface area contributed by atoms with E-state index in [1.54, 1.807) is 0 Å². The van der Waals surface area contributed by atoms with Gasteiger partial charge in [-0.2, -0.15) is 12.6 Å². The van der Waals surface area contributed by atoms with Crippen molar-refractivity contribution in [2.75, 3.05) is 18.8 Å². The standard InChI is InChI=1S/C17H33N5O5S/c1-10(2)7-12(21-15(25)11(19)5-3-4-6-18)17(27)22-13(9-28)16(26)20-8-14(23)24/h10-13,28H,3-9,18-19H2,1-2H3,(H,20,26)(H,21,25)(H,22,27)(H,23,24). The molecule has 0 aliphatic heterocycles. The van der Waals surface area contributed by atoms with Gasteiger partial charge in [0.05, 0.1) is 6.04 Å². The normalized spacial score (nSPS) is 14.1. The number of carbonyl (C=O) groups excluding carboxylic acids is 3. The number of aliphatic carboxylic acids is 1. The average Bonchev–Trinajstić information content (AvgIpc) is 2.62. The number of amides is 3. The topological polar surface area (TPSA) is 177 Å². The summed E-state index contributed by atoms with van der Waals surface area (Å²) in [6, 6.07) is -2.66. The zero-order chi connectivity index (χ0) is 21.7. The molecule has 0 heterocycles. The quantitative estimate of drug-likeness (QED) is 0.134. The molecule has 0 aromatic rings. The Hall–Kier alpha value is -1.85. The molecule has 8 N–H and O–H groups in total. The van der Waals surface area contributed by atoms with Gasteiger partial charge in [0, 0.05) is 5.75 Å². The van der Waals surface area contributed by atoms with Crippen molar-refractivity contribution in [3.63, 3.8) is 0 Å². The molecule has 0 spiro atoms. The lowest BCUT2D eigenvalue weighted by atomic mass is 10.0. The first-order valence-corrected chi connectivity index (χ1v) is 9.92. The van der Waals surface area contributed by atoms with E-state index >= 15 is 0 Å². The summed E-state index contributed by atoms with van der Waals surface area (Å²) in [5.41, 5.74) is 11.3. The molecule has 0 rings (SSSR count). The van der Waals surface area contributed by atoms with E-state index in [-0.39, 0.29) is 11.7 Å². The summed E-state index contributed by atoms with van der Waals surface area (Å²) < 4.78 is 0. The van der Waals surface area contributed by atoms with E-state index in [0.29, 0.717) is 25.8 Å².